The zero-order chi connectivity index (χ0) is 19.1. The van der Waals surface area contributed by atoms with Crippen molar-refractivity contribution < 1.29 is 9.67 Å². The molecule has 140 valence electrons. The Balaban J connectivity index is 2.04. The molecule has 1 unspecified atom stereocenters. The normalized spacial score (nSPS) is 16.0. The van der Waals surface area contributed by atoms with E-state index < -0.39 is 0 Å². The number of aromatic nitrogens is 3. The van der Waals surface area contributed by atoms with Crippen LogP contribution in [0.2, 0.25) is 4.47 Å². The lowest BCUT2D eigenvalue weighted by Gasteiger charge is -2.15. The second kappa shape index (κ2) is 6.98. The molecule has 27 heavy (non-hydrogen) atoms. The smallest absolute Gasteiger partial charge is 0.366 e. The molecule has 0 aliphatic carbocycles. The van der Waals surface area contributed by atoms with Gasteiger partial charge in [-0.15, -0.1) is 11.3 Å². The van der Waals surface area contributed by atoms with Crippen molar-refractivity contribution in [2.24, 2.45) is 0 Å². The van der Waals surface area contributed by atoms with Gasteiger partial charge in [0.2, 0.25) is 0 Å². The number of rotatable bonds is 4. The first-order chi connectivity index (χ1) is 13.1. The molecule has 4 rings (SSSR count). The summed E-state index contributed by atoms with van der Waals surface area (Å²) in [5, 5.41) is 11.0. The number of aromatic hydroxyl groups is 1. The van der Waals surface area contributed by atoms with E-state index in [-0.39, 0.29) is 17.5 Å². The van der Waals surface area contributed by atoms with E-state index in [0.29, 0.717) is 28.7 Å². The van der Waals surface area contributed by atoms with Crippen LogP contribution in [-0.2, 0) is 6.54 Å². The standard InChI is InChI=1S/C19H19ClN4O2S/c1-3-22-11-13(14-10-21-18(20)27-14)24-17(26)15(12-8-6-5-7-9-12)16(25)23(4-2)19(22)24/h5-10,13H,3-4,11H2,1-2H3/p+1. The quantitative estimate of drug-likeness (QED) is 0.680. The predicted molar refractivity (Wildman–Crippen MR) is 107 cm³/mol. The maximum atomic E-state index is 13.5. The van der Waals surface area contributed by atoms with Gasteiger partial charge >= 0.3 is 11.5 Å². The summed E-state index contributed by atoms with van der Waals surface area (Å²) in [5.41, 5.74) is 0.817. The SMILES string of the molecule is CCN1CC(c2cnc(Cl)s2)n2c1[n+](CC)c(O)c(-c1ccccc1)c2=O. The summed E-state index contributed by atoms with van der Waals surface area (Å²) < 4.78 is 4.04. The number of fused-ring (bicyclic) bond motifs is 1. The maximum absolute atomic E-state index is 13.5. The summed E-state index contributed by atoms with van der Waals surface area (Å²) >= 11 is 7.43. The second-order valence-electron chi connectivity index (χ2n) is 6.35. The van der Waals surface area contributed by atoms with Crippen LogP contribution in [0.25, 0.3) is 11.1 Å². The Kier molecular flexibility index (Phi) is 4.65. The molecule has 0 amide bonds. The summed E-state index contributed by atoms with van der Waals surface area (Å²) in [6.45, 7) is 5.92. The van der Waals surface area contributed by atoms with Crippen molar-refractivity contribution in [2.75, 3.05) is 18.0 Å². The minimum absolute atomic E-state index is 0.00128. The van der Waals surface area contributed by atoms with Crippen molar-refractivity contribution >= 4 is 28.9 Å². The lowest BCUT2D eigenvalue weighted by Crippen LogP contribution is -2.44. The Bertz CT molecular complexity index is 1050. The molecule has 0 bridgehead atoms. The summed E-state index contributed by atoms with van der Waals surface area (Å²) in [5.74, 6) is 0.720. The third-order valence-corrected chi connectivity index (χ3v) is 6.16. The Hall–Kier alpha value is -2.38. The number of halogens is 1. The van der Waals surface area contributed by atoms with Crippen LogP contribution < -0.4 is 15.0 Å². The molecular formula is C19H20ClN4O2S+. The van der Waals surface area contributed by atoms with E-state index in [9.17, 15) is 9.90 Å². The lowest BCUT2D eigenvalue weighted by atomic mass is 10.1. The highest BCUT2D eigenvalue weighted by atomic mass is 35.5. The third kappa shape index (κ3) is 2.82. The highest BCUT2D eigenvalue weighted by molar-refractivity contribution is 7.15. The largest absolute Gasteiger partial charge is 0.483 e. The molecule has 1 aliphatic heterocycles. The lowest BCUT2D eigenvalue weighted by molar-refractivity contribution is -0.689. The number of hydrogen-bond acceptors (Lipinski definition) is 5. The zero-order valence-corrected chi connectivity index (χ0v) is 16.7. The van der Waals surface area contributed by atoms with E-state index in [2.05, 4.69) is 9.88 Å². The predicted octanol–water partition coefficient (Wildman–Crippen LogP) is 3.07. The van der Waals surface area contributed by atoms with Gasteiger partial charge in [-0.05, 0) is 19.4 Å². The monoisotopic (exact) mass is 403 g/mol. The molecule has 1 N–H and O–H groups in total. The molecular weight excluding hydrogens is 384 g/mol. The summed E-state index contributed by atoms with van der Waals surface area (Å²) in [4.78, 5) is 20.7. The molecule has 0 spiro atoms. The summed E-state index contributed by atoms with van der Waals surface area (Å²) in [7, 11) is 0. The minimum atomic E-state index is -0.205. The van der Waals surface area contributed by atoms with Gasteiger partial charge in [0.05, 0.1) is 18.0 Å². The minimum Gasteiger partial charge on any atom is -0.483 e. The Morgan fingerprint density at radius 1 is 1.33 bits per heavy atom. The van der Waals surface area contributed by atoms with Crippen molar-refractivity contribution in [3.63, 3.8) is 0 Å². The average Bonchev–Trinajstić information content (AvgIpc) is 3.27. The molecule has 0 radical (unpaired) electrons. The van der Waals surface area contributed by atoms with Crippen LogP contribution in [-0.4, -0.2) is 27.7 Å². The number of likely N-dealkylation sites (N-methyl/N-ethyl adjacent to an activating group) is 1. The summed E-state index contributed by atoms with van der Waals surface area (Å²) in [6.07, 6.45) is 1.73. The number of benzene rings is 1. The van der Waals surface area contributed by atoms with Gasteiger partial charge in [0.15, 0.2) is 10.5 Å². The molecule has 1 aromatic carbocycles. The van der Waals surface area contributed by atoms with Crippen LogP contribution >= 0.6 is 22.9 Å². The van der Waals surface area contributed by atoms with E-state index in [1.165, 1.54) is 11.3 Å². The number of nitrogens with zero attached hydrogens (tertiary/aromatic N) is 4. The molecule has 0 saturated carbocycles. The second-order valence-corrected chi connectivity index (χ2v) is 8.00. The van der Waals surface area contributed by atoms with Crippen LogP contribution in [0.3, 0.4) is 0 Å². The van der Waals surface area contributed by atoms with Gasteiger partial charge in [-0.2, -0.15) is 4.57 Å². The van der Waals surface area contributed by atoms with Crippen LogP contribution in [0.15, 0.2) is 41.3 Å². The van der Waals surface area contributed by atoms with Crippen molar-refractivity contribution in [1.82, 2.24) is 9.55 Å². The first-order valence-corrected chi connectivity index (χ1v) is 10.1. The van der Waals surface area contributed by atoms with Crippen LogP contribution in [0.5, 0.6) is 5.88 Å². The zero-order valence-electron chi connectivity index (χ0n) is 15.1. The first-order valence-electron chi connectivity index (χ1n) is 8.89. The Morgan fingerprint density at radius 3 is 2.67 bits per heavy atom. The van der Waals surface area contributed by atoms with E-state index in [1.54, 1.807) is 15.3 Å². The maximum Gasteiger partial charge on any atom is 0.366 e. The van der Waals surface area contributed by atoms with Crippen LogP contribution in [0, 0.1) is 0 Å². The van der Waals surface area contributed by atoms with Crippen LogP contribution in [0.4, 0.5) is 5.95 Å². The van der Waals surface area contributed by atoms with Crippen molar-refractivity contribution in [3.8, 4) is 17.0 Å². The Morgan fingerprint density at radius 2 is 2.07 bits per heavy atom. The van der Waals surface area contributed by atoms with E-state index in [0.717, 1.165) is 17.4 Å². The highest BCUT2D eigenvalue weighted by Crippen LogP contribution is 2.36. The fourth-order valence-electron chi connectivity index (χ4n) is 3.70. The van der Waals surface area contributed by atoms with E-state index in [4.69, 9.17) is 11.6 Å². The van der Waals surface area contributed by atoms with E-state index >= 15 is 0 Å². The number of thiazole rings is 1. The molecule has 0 fully saturated rings. The van der Waals surface area contributed by atoms with Crippen LogP contribution in [0.1, 0.15) is 24.8 Å². The number of hydrogen-bond donors (Lipinski definition) is 1. The first kappa shape index (κ1) is 18.0. The molecule has 0 saturated heterocycles. The van der Waals surface area contributed by atoms with Gasteiger partial charge in [0.25, 0.3) is 5.88 Å². The fourth-order valence-corrected chi connectivity index (χ4v) is 4.73. The molecule has 8 heteroatoms. The summed E-state index contributed by atoms with van der Waals surface area (Å²) in [6, 6.07) is 9.12. The number of anilines is 1. The molecule has 3 heterocycles. The molecule has 3 aromatic rings. The van der Waals surface area contributed by atoms with Gasteiger partial charge < -0.3 is 5.11 Å². The van der Waals surface area contributed by atoms with Gasteiger partial charge in [0.1, 0.15) is 12.1 Å². The van der Waals surface area contributed by atoms with Crippen molar-refractivity contribution in [3.05, 3.63) is 56.2 Å². The van der Waals surface area contributed by atoms with Crippen molar-refractivity contribution in [1.29, 1.82) is 0 Å². The van der Waals surface area contributed by atoms with Gasteiger partial charge in [-0.1, -0.05) is 41.9 Å². The molecule has 1 atom stereocenters. The Labute approximate surface area is 165 Å². The highest BCUT2D eigenvalue weighted by Gasteiger charge is 2.43. The molecule has 6 nitrogen and oxygen atoms in total. The van der Waals surface area contributed by atoms with E-state index in [1.807, 2.05) is 44.2 Å². The topological polar surface area (TPSA) is 62.2 Å². The van der Waals surface area contributed by atoms with Crippen molar-refractivity contribution in [2.45, 2.75) is 26.4 Å². The molecule has 2 aromatic heterocycles. The third-order valence-electron chi connectivity index (χ3n) is 4.94. The average molecular weight is 404 g/mol. The van der Waals surface area contributed by atoms with Gasteiger partial charge in [-0.25, -0.2) is 14.3 Å². The fraction of sp³-hybridized carbons (Fsp3) is 0.316. The van der Waals surface area contributed by atoms with Gasteiger partial charge in [-0.3, -0.25) is 4.90 Å². The molecule has 1 aliphatic rings. The van der Waals surface area contributed by atoms with Gasteiger partial charge in [0, 0.05) is 6.20 Å².